The van der Waals surface area contributed by atoms with Crippen LogP contribution in [0.2, 0.25) is 0 Å². The Hall–Kier alpha value is -3.22. The summed E-state index contributed by atoms with van der Waals surface area (Å²) in [4.78, 5) is 21.7. The minimum atomic E-state index is -0.273. The number of carbonyl (C=O) groups excluding carboxylic acids is 1. The number of para-hydroxylation sites is 1. The molecule has 0 aliphatic rings. The van der Waals surface area contributed by atoms with Gasteiger partial charge in [0, 0.05) is 17.8 Å². The highest BCUT2D eigenvalue weighted by Gasteiger charge is 2.18. The van der Waals surface area contributed by atoms with Crippen LogP contribution in [0.1, 0.15) is 72.7 Å². The molecule has 1 aromatic carbocycles. The summed E-state index contributed by atoms with van der Waals surface area (Å²) in [7, 11) is 0. The summed E-state index contributed by atoms with van der Waals surface area (Å²) in [6.07, 6.45) is 0. The third-order valence-electron chi connectivity index (χ3n) is 4.57. The molecule has 2 N–H and O–H groups in total. The van der Waals surface area contributed by atoms with E-state index in [9.17, 15) is 4.79 Å². The fourth-order valence-corrected chi connectivity index (χ4v) is 3.18. The van der Waals surface area contributed by atoms with Gasteiger partial charge in [0.25, 0.3) is 5.91 Å². The van der Waals surface area contributed by atoms with Crippen molar-refractivity contribution in [1.82, 2.24) is 15.1 Å². The molecule has 29 heavy (non-hydrogen) atoms. The van der Waals surface area contributed by atoms with Gasteiger partial charge in [-0.1, -0.05) is 51.1 Å². The fourth-order valence-electron chi connectivity index (χ4n) is 3.18. The molecular formula is C22H27N5O2. The smallest absolute Gasteiger partial charge is 0.274 e. The lowest BCUT2D eigenvalue weighted by atomic mass is 9.92. The van der Waals surface area contributed by atoms with Gasteiger partial charge in [-0.2, -0.15) is 0 Å². The number of amides is 1. The van der Waals surface area contributed by atoms with Crippen molar-refractivity contribution < 1.29 is 9.32 Å². The van der Waals surface area contributed by atoms with Gasteiger partial charge in [-0.05, 0) is 36.8 Å². The number of hydrogen-bond acceptors (Lipinski definition) is 6. The van der Waals surface area contributed by atoms with E-state index in [1.807, 2.05) is 6.07 Å². The number of rotatable bonds is 6. The minimum absolute atomic E-state index is 0.273. The number of benzene rings is 1. The lowest BCUT2D eigenvalue weighted by Gasteiger charge is -2.20. The van der Waals surface area contributed by atoms with Crippen molar-refractivity contribution in [3.8, 4) is 0 Å². The topological polar surface area (TPSA) is 92.9 Å². The zero-order valence-electron chi connectivity index (χ0n) is 17.7. The van der Waals surface area contributed by atoms with Crippen LogP contribution in [0.3, 0.4) is 0 Å². The van der Waals surface area contributed by atoms with Gasteiger partial charge in [0.2, 0.25) is 0 Å². The van der Waals surface area contributed by atoms with Gasteiger partial charge < -0.3 is 15.2 Å². The molecule has 2 heterocycles. The summed E-state index contributed by atoms with van der Waals surface area (Å²) in [5, 5.41) is 10.0. The molecular weight excluding hydrogens is 366 g/mol. The second-order valence-electron chi connectivity index (χ2n) is 7.71. The van der Waals surface area contributed by atoms with E-state index < -0.39 is 0 Å². The number of nitrogens with one attached hydrogen (secondary N) is 2. The maximum atomic E-state index is 13.1. The van der Waals surface area contributed by atoms with Crippen LogP contribution in [0.15, 0.2) is 34.9 Å². The van der Waals surface area contributed by atoms with Crippen molar-refractivity contribution in [2.45, 2.75) is 53.4 Å². The number of nitrogens with zero attached hydrogens (tertiary/aromatic N) is 3. The Morgan fingerprint density at radius 1 is 0.966 bits per heavy atom. The van der Waals surface area contributed by atoms with Crippen molar-refractivity contribution >= 4 is 23.2 Å². The van der Waals surface area contributed by atoms with Crippen LogP contribution in [0.4, 0.5) is 17.3 Å². The first-order valence-electron chi connectivity index (χ1n) is 9.74. The molecule has 1 amide bonds. The standard InChI is InChI=1S/C22H27N5O2/c1-12(2)16-8-7-9-17(13(3)4)21(16)26-22(28)18-11-19(24-15(6)23-18)25-20-10-14(5)29-27-20/h7-13H,1-6H3,(H,26,28)(H,23,24,25,27). The van der Waals surface area contributed by atoms with E-state index in [2.05, 4.69) is 65.6 Å². The van der Waals surface area contributed by atoms with Crippen LogP contribution in [0, 0.1) is 13.8 Å². The molecule has 3 rings (SSSR count). The molecule has 0 radical (unpaired) electrons. The van der Waals surface area contributed by atoms with Crippen LogP contribution in [-0.4, -0.2) is 21.0 Å². The van der Waals surface area contributed by atoms with Crippen LogP contribution in [-0.2, 0) is 0 Å². The highest BCUT2D eigenvalue weighted by atomic mass is 16.5. The van der Waals surface area contributed by atoms with E-state index >= 15 is 0 Å². The van der Waals surface area contributed by atoms with Crippen LogP contribution in [0.25, 0.3) is 0 Å². The third kappa shape index (κ3) is 4.80. The second kappa shape index (κ2) is 8.43. The number of carbonyl (C=O) groups is 1. The molecule has 0 unspecified atom stereocenters. The molecule has 0 atom stereocenters. The van der Waals surface area contributed by atoms with Gasteiger partial charge in [-0.25, -0.2) is 9.97 Å². The van der Waals surface area contributed by atoms with Crippen molar-refractivity contribution in [2.75, 3.05) is 10.6 Å². The minimum Gasteiger partial charge on any atom is -0.360 e. The SMILES string of the molecule is Cc1nc(Nc2cc(C)on2)cc(C(=O)Nc2c(C(C)C)cccc2C(C)C)n1. The average molecular weight is 393 g/mol. The van der Waals surface area contributed by atoms with Crippen molar-refractivity contribution in [3.63, 3.8) is 0 Å². The summed E-state index contributed by atoms with van der Waals surface area (Å²) in [5.41, 5.74) is 3.35. The predicted molar refractivity (Wildman–Crippen MR) is 114 cm³/mol. The van der Waals surface area contributed by atoms with Crippen molar-refractivity contribution in [1.29, 1.82) is 0 Å². The van der Waals surface area contributed by atoms with Crippen LogP contribution < -0.4 is 10.6 Å². The zero-order chi connectivity index (χ0) is 21.1. The maximum Gasteiger partial charge on any atom is 0.274 e. The number of aromatic nitrogens is 3. The Labute approximate surface area is 170 Å². The summed E-state index contributed by atoms with van der Waals surface area (Å²) in [5.74, 6) is 2.47. The summed E-state index contributed by atoms with van der Waals surface area (Å²) < 4.78 is 5.06. The Balaban J connectivity index is 1.92. The first-order chi connectivity index (χ1) is 13.7. The molecule has 3 aromatic rings. The molecule has 7 nitrogen and oxygen atoms in total. The first-order valence-corrected chi connectivity index (χ1v) is 9.74. The Morgan fingerprint density at radius 2 is 1.62 bits per heavy atom. The molecule has 0 saturated carbocycles. The summed E-state index contributed by atoms with van der Waals surface area (Å²) in [6, 6.07) is 9.51. The number of aryl methyl sites for hydroxylation is 2. The molecule has 0 spiro atoms. The highest BCUT2D eigenvalue weighted by molar-refractivity contribution is 6.04. The van der Waals surface area contributed by atoms with Gasteiger partial charge in [0.05, 0.1) is 0 Å². The molecule has 2 aromatic heterocycles. The van der Waals surface area contributed by atoms with Crippen molar-refractivity contribution in [3.05, 3.63) is 58.7 Å². The van der Waals surface area contributed by atoms with E-state index in [-0.39, 0.29) is 23.4 Å². The average Bonchev–Trinajstić information content (AvgIpc) is 3.05. The second-order valence-corrected chi connectivity index (χ2v) is 7.71. The van der Waals surface area contributed by atoms with Crippen LogP contribution in [0.5, 0.6) is 0 Å². The van der Waals surface area contributed by atoms with Gasteiger partial charge >= 0.3 is 0 Å². The van der Waals surface area contributed by atoms with Crippen molar-refractivity contribution in [2.24, 2.45) is 0 Å². The quantitative estimate of drug-likeness (QED) is 0.588. The third-order valence-corrected chi connectivity index (χ3v) is 4.57. The lowest BCUT2D eigenvalue weighted by molar-refractivity contribution is 0.102. The summed E-state index contributed by atoms with van der Waals surface area (Å²) >= 11 is 0. The normalized spacial score (nSPS) is 11.2. The van der Waals surface area contributed by atoms with E-state index in [1.165, 1.54) is 0 Å². The Bertz CT molecular complexity index is 998. The zero-order valence-corrected chi connectivity index (χ0v) is 17.7. The van der Waals surface area contributed by atoms with E-state index in [1.54, 1.807) is 26.0 Å². The maximum absolute atomic E-state index is 13.1. The number of hydrogen-bond donors (Lipinski definition) is 2. The monoisotopic (exact) mass is 393 g/mol. The van der Waals surface area contributed by atoms with Gasteiger partial charge in [-0.15, -0.1) is 0 Å². The Kier molecular flexibility index (Phi) is 5.96. The largest absolute Gasteiger partial charge is 0.360 e. The molecule has 152 valence electrons. The molecule has 0 aliphatic heterocycles. The fraction of sp³-hybridized carbons (Fsp3) is 0.364. The Morgan fingerprint density at radius 3 is 2.17 bits per heavy atom. The van der Waals surface area contributed by atoms with Gasteiger partial charge in [-0.3, -0.25) is 4.79 Å². The van der Waals surface area contributed by atoms with E-state index in [0.29, 0.717) is 23.2 Å². The van der Waals surface area contributed by atoms with Gasteiger partial charge in [0.1, 0.15) is 23.1 Å². The molecule has 7 heteroatoms. The van der Waals surface area contributed by atoms with E-state index in [0.717, 1.165) is 16.8 Å². The number of anilines is 3. The van der Waals surface area contributed by atoms with Crippen LogP contribution >= 0.6 is 0 Å². The molecule has 0 saturated heterocycles. The van der Waals surface area contributed by atoms with Gasteiger partial charge in [0.15, 0.2) is 5.82 Å². The summed E-state index contributed by atoms with van der Waals surface area (Å²) in [6.45, 7) is 12.0. The highest BCUT2D eigenvalue weighted by Crippen LogP contribution is 2.32. The lowest BCUT2D eigenvalue weighted by Crippen LogP contribution is -2.18. The molecule has 0 aliphatic carbocycles. The first kappa shape index (κ1) is 20.5. The molecule has 0 fully saturated rings. The predicted octanol–water partition coefficient (Wildman–Crippen LogP) is 5.32. The molecule has 0 bridgehead atoms. The van der Waals surface area contributed by atoms with E-state index in [4.69, 9.17) is 4.52 Å².